The van der Waals surface area contributed by atoms with Crippen LogP contribution in [0.5, 0.6) is 0 Å². The zero-order chi connectivity index (χ0) is 11.5. The Kier molecular flexibility index (Phi) is 3.25. The predicted molar refractivity (Wildman–Crippen MR) is 60.1 cm³/mol. The SMILES string of the molecule is CNCc1nnc(-c2snnc2C(C)C)o1. The molecular formula is C9H13N5OS. The van der Waals surface area contributed by atoms with Crippen LogP contribution in [0.3, 0.4) is 0 Å². The van der Waals surface area contributed by atoms with Crippen LogP contribution in [-0.4, -0.2) is 26.8 Å². The molecule has 0 amide bonds. The molecule has 0 fully saturated rings. The fourth-order valence-corrected chi connectivity index (χ4v) is 2.03. The van der Waals surface area contributed by atoms with Crippen LogP contribution in [0.1, 0.15) is 31.4 Å². The van der Waals surface area contributed by atoms with Crippen molar-refractivity contribution >= 4 is 11.5 Å². The predicted octanol–water partition coefficient (Wildman–Crippen LogP) is 1.43. The second-order valence-corrected chi connectivity index (χ2v) is 4.43. The van der Waals surface area contributed by atoms with E-state index in [0.29, 0.717) is 24.2 Å². The Morgan fingerprint density at radius 2 is 2.12 bits per heavy atom. The highest BCUT2D eigenvalue weighted by atomic mass is 32.1. The Balaban J connectivity index is 2.31. The summed E-state index contributed by atoms with van der Waals surface area (Å²) in [7, 11) is 1.83. The molecule has 0 atom stereocenters. The van der Waals surface area contributed by atoms with Crippen LogP contribution in [0.15, 0.2) is 4.42 Å². The van der Waals surface area contributed by atoms with E-state index in [1.54, 1.807) is 0 Å². The van der Waals surface area contributed by atoms with Crippen LogP contribution >= 0.6 is 11.5 Å². The van der Waals surface area contributed by atoms with Crippen molar-refractivity contribution in [2.24, 2.45) is 0 Å². The van der Waals surface area contributed by atoms with Crippen molar-refractivity contribution in [2.75, 3.05) is 7.05 Å². The molecule has 0 saturated heterocycles. The van der Waals surface area contributed by atoms with E-state index in [-0.39, 0.29) is 0 Å². The summed E-state index contributed by atoms with van der Waals surface area (Å²) >= 11 is 1.28. The minimum atomic E-state index is 0.299. The molecule has 6 nitrogen and oxygen atoms in total. The number of aromatic nitrogens is 4. The lowest BCUT2D eigenvalue weighted by molar-refractivity contribution is 0.490. The van der Waals surface area contributed by atoms with Crippen molar-refractivity contribution in [3.63, 3.8) is 0 Å². The first kappa shape index (κ1) is 11.2. The lowest BCUT2D eigenvalue weighted by Crippen LogP contribution is -2.04. The third-order valence-corrected chi connectivity index (χ3v) is 2.78. The van der Waals surface area contributed by atoms with E-state index in [0.717, 1.165) is 10.6 Å². The van der Waals surface area contributed by atoms with Gasteiger partial charge in [-0.25, -0.2) is 0 Å². The number of hydrogen-bond donors (Lipinski definition) is 1. The zero-order valence-corrected chi connectivity index (χ0v) is 10.2. The molecule has 1 N–H and O–H groups in total. The van der Waals surface area contributed by atoms with Gasteiger partial charge in [0.25, 0.3) is 5.89 Å². The maximum Gasteiger partial charge on any atom is 0.261 e. The quantitative estimate of drug-likeness (QED) is 0.869. The first-order valence-electron chi connectivity index (χ1n) is 5.02. The van der Waals surface area contributed by atoms with Crippen molar-refractivity contribution in [1.29, 1.82) is 0 Å². The van der Waals surface area contributed by atoms with Gasteiger partial charge in [-0.05, 0) is 24.5 Å². The van der Waals surface area contributed by atoms with Crippen LogP contribution < -0.4 is 5.32 Å². The van der Waals surface area contributed by atoms with Crippen molar-refractivity contribution in [3.8, 4) is 10.8 Å². The number of rotatable bonds is 4. The third-order valence-electron chi connectivity index (χ3n) is 2.05. The van der Waals surface area contributed by atoms with Gasteiger partial charge in [0.05, 0.1) is 12.2 Å². The summed E-state index contributed by atoms with van der Waals surface area (Å²) in [6.45, 7) is 4.69. The van der Waals surface area contributed by atoms with Crippen LogP contribution in [0, 0.1) is 0 Å². The van der Waals surface area contributed by atoms with Gasteiger partial charge in [0, 0.05) is 0 Å². The molecule has 0 saturated carbocycles. The Morgan fingerprint density at radius 1 is 1.31 bits per heavy atom. The summed E-state index contributed by atoms with van der Waals surface area (Å²) in [6.07, 6.45) is 0. The van der Waals surface area contributed by atoms with Gasteiger partial charge in [-0.3, -0.25) is 0 Å². The summed E-state index contributed by atoms with van der Waals surface area (Å²) in [5, 5.41) is 15.0. The first-order valence-corrected chi connectivity index (χ1v) is 5.79. The van der Waals surface area contributed by atoms with E-state index >= 15 is 0 Å². The lowest BCUT2D eigenvalue weighted by atomic mass is 10.1. The topological polar surface area (TPSA) is 76.7 Å². The van der Waals surface area contributed by atoms with Gasteiger partial charge in [-0.1, -0.05) is 18.3 Å². The van der Waals surface area contributed by atoms with Crippen LogP contribution in [-0.2, 0) is 6.54 Å². The molecule has 0 aliphatic rings. The first-order chi connectivity index (χ1) is 7.72. The molecule has 0 aromatic carbocycles. The van der Waals surface area contributed by atoms with Gasteiger partial charge in [-0.15, -0.1) is 15.3 Å². The Labute approximate surface area is 97.3 Å². The maximum atomic E-state index is 5.50. The average Bonchev–Trinajstić information content (AvgIpc) is 2.83. The minimum absolute atomic E-state index is 0.299. The molecule has 2 heterocycles. The summed E-state index contributed by atoms with van der Waals surface area (Å²) in [5.41, 5.74) is 0.907. The van der Waals surface area contributed by atoms with Crippen molar-refractivity contribution < 1.29 is 4.42 Å². The number of nitrogens with zero attached hydrogens (tertiary/aromatic N) is 4. The molecule has 0 aliphatic carbocycles. The largest absolute Gasteiger partial charge is 0.418 e. The van der Waals surface area contributed by atoms with E-state index in [9.17, 15) is 0 Å². The number of hydrogen-bond acceptors (Lipinski definition) is 7. The highest BCUT2D eigenvalue weighted by molar-refractivity contribution is 7.09. The van der Waals surface area contributed by atoms with Gasteiger partial charge in [-0.2, -0.15) is 0 Å². The van der Waals surface area contributed by atoms with E-state index < -0.39 is 0 Å². The van der Waals surface area contributed by atoms with Gasteiger partial charge in [0.15, 0.2) is 0 Å². The molecule has 2 aromatic rings. The summed E-state index contributed by atoms with van der Waals surface area (Å²) in [4.78, 5) is 0.866. The zero-order valence-electron chi connectivity index (χ0n) is 9.39. The molecule has 86 valence electrons. The third kappa shape index (κ3) is 2.10. The Hall–Kier alpha value is -1.34. The molecule has 0 radical (unpaired) electrons. The minimum Gasteiger partial charge on any atom is -0.418 e. The number of nitrogens with one attached hydrogen (secondary N) is 1. The molecule has 16 heavy (non-hydrogen) atoms. The van der Waals surface area contributed by atoms with Crippen molar-refractivity contribution in [1.82, 2.24) is 25.1 Å². The highest BCUT2D eigenvalue weighted by Crippen LogP contribution is 2.29. The standard InChI is InChI=1S/C9H13N5OS/c1-5(2)7-8(16-14-12-7)9-13-11-6(15-9)4-10-3/h5,10H,4H2,1-3H3. The second-order valence-electron chi connectivity index (χ2n) is 3.67. The van der Waals surface area contributed by atoms with E-state index in [1.165, 1.54) is 11.5 Å². The van der Waals surface area contributed by atoms with Gasteiger partial charge in [0.2, 0.25) is 5.89 Å². The normalized spacial score (nSPS) is 11.2. The smallest absolute Gasteiger partial charge is 0.261 e. The Bertz CT molecular complexity index is 464. The molecule has 0 bridgehead atoms. The summed E-state index contributed by atoms with van der Waals surface area (Å²) < 4.78 is 9.43. The molecule has 0 spiro atoms. The van der Waals surface area contributed by atoms with Crippen LogP contribution in [0.2, 0.25) is 0 Å². The van der Waals surface area contributed by atoms with Crippen LogP contribution in [0.25, 0.3) is 10.8 Å². The molecule has 2 rings (SSSR count). The summed E-state index contributed by atoms with van der Waals surface area (Å²) in [6, 6.07) is 0. The fraction of sp³-hybridized carbons (Fsp3) is 0.556. The fourth-order valence-electron chi connectivity index (χ4n) is 1.29. The lowest BCUT2D eigenvalue weighted by Gasteiger charge is -1.99. The maximum absolute atomic E-state index is 5.50. The van der Waals surface area contributed by atoms with Crippen molar-refractivity contribution in [2.45, 2.75) is 26.3 Å². The molecule has 2 aromatic heterocycles. The monoisotopic (exact) mass is 239 g/mol. The highest BCUT2D eigenvalue weighted by Gasteiger charge is 2.18. The van der Waals surface area contributed by atoms with Gasteiger partial charge >= 0.3 is 0 Å². The van der Waals surface area contributed by atoms with Gasteiger partial charge in [0.1, 0.15) is 4.88 Å². The van der Waals surface area contributed by atoms with Gasteiger partial charge < -0.3 is 9.73 Å². The molecule has 0 unspecified atom stereocenters. The average molecular weight is 239 g/mol. The molecular weight excluding hydrogens is 226 g/mol. The Morgan fingerprint density at radius 3 is 2.81 bits per heavy atom. The van der Waals surface area contributed by atoms with Crippen molar-refractivity contribution in [3.05, 3.63) is 11.6 Å². The molecule has 7 heteroatoms. The summed E-state index contributed by atoms with van der Waals surface area (Å²) in [5.74, 6) is 1.37. The van der Waals surface area contributed by atoms with E-state index in [1.807, 2.05) is 7.05 Å². The second kappa shape index (κ2) is 4.67. The van der Waals surface area contributed by atoms with E-state index in [2.05, 4.69) is 38.9 Å². The van der Waals surface area contributed by atoms with Crippen LogP contribution in [0.4, 0.5) is 0 Å². The molecule has 0 aliphatic heterocycles. The van der Waals surface area contributed by atoms with E-state index in [4.69, 9.17) is 4.42 Å².